The summed E-state index contributed by atoms with van der Waals surface area (Å²) in [6.45, 7) is 1.02. The Morgan fingerprint density at radius 3 is 2.38 bits per heavy atom. The van der Waals surface area contributed by atoms with Crippen molar-refractivity contribution in [3.8, 4) is 0 Å². The Morgan fingerprint density at radius 2 is 1.73 bits per heavy atom. The van der Waals surface area contributed by atoms with E-state index in [0.29, 0.717) is 25.9 Å². The van der Waals surface area contributed by atoms with Crippen LogP contribution in [0, 0.1) is 5.82 Å². The predicted molar refractivity (Wildman–Crippen MR) is 98.9 cm³/mol. The summed E-state index contributed by atoms with van der Waals surface area (Å²) < 4.78 is 13.8. The molecule has 0 unspecified atom stereocenters. The molecule has 2 aromatic carbocycles. The maximum Gasteiger partial charge on any atom is 0.321 e. The molecule has 1 fully saturated rings. The molecule has 0 saturated carbocycles. The van der Waals surface area contributed by atoms with Gasteiger partial charge in [0.05, 0.1) is 10.6 Å². The van der Waals surface area contributed by atoms with Crippen LogP contribution in [0.25, 0.3) is 0 Å². The molecule has 2 aromatic rings. The number of carbonyl (C=O) groups is 2. The number of rotatable bonds is 3. The molecule has 26 heavy (non-hydrogen) atoms. The maximum atomic E-state index is 13.8. The van der Waals surface area contributed by atoms with Crippen LogP contribution in [0.15, 0.2) is 48.5 Å². The highest BCUT2D eigenvalue weighted by Gasteiger charge is 2.25. The van der Waals surface area contributed by atoms with E-state index in [1.807, 2.05) is 30.3 Å². The largest absolute Gasteiger partial charge is 0.349 e. The second kappa shape index (κ2) is 8.19. The summed E-state index contributed by atoms with van der Waals surface area (Å²) in [6.07, 6.45) is 1.19. The van der Waals surface area contributed by atoms with E-state index < -0.39 is 11.7 Å². The summed E-state index contributed by atoms with van der Waals surface area (Å²) in [4.78, 5) is 26.3. The molecule has 3 amide bonds. The number of nitrogens with zero attached hydrogens (tertiary/aromatic N) is 1. The first-order valence-electron chi connectivity index (χ1n) is 8.40. The van der Waals surface area contributed by atoms with Crippen LogP contribution in [0.5, 0.6) is 0 Å². The second-order valence-corrected chi connectivity index (χ2v) is 6.53. The van der Waals surface area contributed by atoms with Crippen molar-refractivity contribution in [3.63, 3.8) is 0 Å². The highest BCUT2D eigenvalue weighted by atomic mass is 35.5. The van der Waals surface area contributed by atoms with Crippen LogP contribution in [0.2, 0.25) is 5.02 Å². The molecular weight excluding hydrogens is 357 g/mol. The minimum absolute atomic E-state index is 0.0853. The van der Waals surface area contributed by atoms with Crippen molar-refractivity contribution in [1.29, 1.82) is 0 Å². The van der Waals surface area contributed by atoms with Gasteiger partial charge in [0.1, 0.15) is 5.82 Å². The standard InChI is InChI=1S/C19H19ClFN3O2/c20-15-7-4-8-16(21)17(15)18(25)22-14-9-11-24(12-10-14)19(26)23-13-5-2-1-3-6-13/h1-8,14H,9-12H2,(H,22,25)(H,23,26). The van der Waals surface area contributed by atoms with Crippen molar-refractivity contribution >= 4 is 29.2 Å². The number of nitrogens with one attached hydrogen (secondary N) is 2. The summed E-state index contributed by atoms with van der Waals surface area (Å²) in [5.41, 5.74) is 0.598. The summed E-state index contributed by atoms with van der Waals surface area (Å²) in [5.74, 6) is -1.17. The Morgan fingerprint density at radius 1 is 1.04 bits per heavy atom. The minimum atomic E-state index is -0.644. The highest BCUT2D eigenvalue weighted by Crippen LogP contribution is 2.20. The van der Waals surface area contributed by atoms with Gasteiger partial charge in [0.25, 0.3) is 5.91 Å². The first-order chi connectivity index (χ1) is 12.5. The van der Waals surface area contributed by atoms with Crippen molar-refractivity contribution < 1.29 is 14.0 Å². The smallest absolute Gasteiger partial charge is 0.321 e. The first kappa shape index (κ1) is 18.2. The third-order valence-electron chi connectivity index (χ3n) is 4.33. The molecule has 2 N–H and O–H groups in total. The van der Waals surface area contributed by atoms with Crippen molar-refractivity contribution in [2.24, 2.45) is 0 Å². The third-order valence-corrected chi connectivity index (χ3v) is 4.65. The summed E-state index contributed by atoms with van der Waals surface area (Å²) in [6, 6.07) is 13.1. The molecule has 1 saturated heterocycles. The lowest BCUT2D eigenvalue weighted by Gasteiger charge is -2.32. The lowest BCUT2D eigenvalue weighted by Crippen LogP contribution is -2.47. The molecule has 0 aliphatic carbocycles. The predicted octanol–water partition coefficient (Wildman–Crippen LogP) is 3.91. The van der Waals surface area contributed by atoms with Crippen molar-refractivity contribution in [2.75, 3.05) is 18.4 Å². The average Bonchev–Trinajstić information content (AvgIpc) is 2.63. The molecule has 5 nitrogen and oxygen atoms in total. The van der Waals surface area contributed by atoms with E-state index in [-0.39, 0.29) is 22.7 Å². The fraction of sp³-hybridized carbons (Fsp3) is 0.263. The lowest BCUT2D eigenvalue weighted by atomic mass is 10.0. The number of hydrogen-bond acceptors (Lipinski definition) is 2. The monoisotopic (exact) mass is 375 g/mol. The Bertz CT molecular complexity index is 772. The van der Waals surface area contributed by atoms with Crippen LogP contribution in [0.4, 0.5) is 14.9 Å². The SMILES string of the molecule is O=C(NC1CCN(C(=O)Nc2ccccc2)CC1)c1c(F)cccc1Cl. The molecule has 1 aliphatic heterocycles. The Kier molecular flexibility index (Phi) is 5.73. The summed E-state index contributed by atoms with van der Waals surface area (Å²) in [7, 11) is 0. The van der Waals surface area contributed by atoms with E-state index in [9.17, 15) is 14.0 Å². The van der Waals surface area contributed by atoms with Gasteiger partial charge in [0.2, 0.25) is 0 Å². The molecule has 0 aromatic heterocycles. The molecule has 136 valence electrons. The van der Waals surface area contributed by atoms with Gasteiger partial charge in [-0.2, -0.15) is 0 Å². The number of likely N-dealkylation sites (tertiary alicyclic amines) is 1. The number of urea groups is 1. The van der Waals surface area contributed by atoms with Crippen LogP contribution in [0.1, 0.15) is 23.2 Å². The minimum Gasteiger partial charge on any atom is -0.349 e. The molecule has 0 spiro atoms. The lowest BCUT2D eigenvalue weighted by molar-refractivity contribution is 0.0915. The van der Waals surface area contributed by atoms with E-state index in [1.165, 1.54) is 18.2 Å². The number of para-hydroxylation sites is 1. The first-order valence-corrected chi connectivity index (χ1v) is 8.78. The number of benzene rings is 2. The summed E-state index contributed by atoms with van der Waals surface area (Å²) >= 11 is 5.92. The Labute approximate surface area is 156 Å². The Hall–Kier alpha value is -2.60. The van der Waals surface area contributed by atoms with E-state index in [1.54, 1.807) is 4.90 Å². The van der Waals surface area contributed by atoms with Gasteiger partial charge >= 0.3 is 6.03 Å². The fourth-order valence-electron chi connectivity index (χ4n) is 2.92. The number of anilines is 1. The van der Waals surface area contributed by atoms with Crippen molar-refractivity contribution in [1.82, 2.24) is 10.2 Å². The van der Waals surface area contributed by atoms with E-state index in [2.05, 4.69) is 10.6 Å². The summed E-state index contributed by atoms with van der Waals surface area (Å²) in [5, 5.41) is 5.73. The number of amides is 3. The molecule has 0 bridgehead atoms. The van der Waals surface area contributed by atoms with Gasteiger partial charge in [-0.05, 0) is 37.1 Å². The third kappa shape index (κ3) is 4.32. The van der Waals surface area contributed by atoms with Gasteiger partial charge in [-0.3, -0.25) is 4.79 Å². The zero-order chi connectivity index (χ0) is 18.5. The maximum absolute atomic E-state index is 13.8. The van der Waals surface area contributed by atoms with E-state index >= 15 is 0 Å². The van der Waals surface area contributed by atoms with Gasteiger partial charge in [-0.15, -0.1) is 0 Å². The molecule has 1 heterocycles. The molecule has 0 radical (unpaired) electrons. The number of halogens is 2. The molecule has 0 atom stereocenters. The van der Waals surface area contributed by atoms with Crippen LogP contribution in [-0.2, 0) is 0 Å². The van der Waals surface area contributed by atoms with Crippen LogP contribution in [-0.4, -0.2) is 36.0 Å². The quantitative estimate of drug-likeness (QED) is 0.854. The highest BCUT2D eigenvalue weighted by molar-refractivity contribution is 6.33. The van der Waals surface area contributed by atoms with Gasteiger partial charge in [0, 0.05) is 24.8 Å². The van der Waals surface area contributed by atoms with Gasteiger partial charge < -0.3 is 15.5 Å². The van der Waals surface area contributed by atoms with Crippen molar-refractivity contribution in [3.05, 3.63) is 64.9 Å². The van der Waals surface area contributed by atoms with Gasteiger partial charge in [0.15, 0.2) is 0 Å². The number of hydrogen-bond donors (Lipinski definition) is 2. The second-order valence-electron chi connectivity index (χ2n) is 6.13. The van der Waals surface area contributed by atoms with Crippen LogP contribution >= 0.6 is 11.6 Å². The molecule has 3 rings (SSSR count). The average molecular weight is 376 g/mol. The van der Waals surface area contributed by atoms with E-state index in [0.717, 1.165) is 5.69 Å². The number of carbonyl (C=O) groups excluding carboxylic acids is 2. The molecule has 7 heteroatoms. The van der Waals surface area contributed by atoms with E-state index in [4.69, 9.17) is 11.6 Å². The fourth-order valence-corrected chi connectivity index (χ4v) is 3.17. The topological polar surface area (TPSA) is 61.4 Å². The van der Waals surface area contributed by atoms with Crippen molar-refractivity contribution in [2.45, 2.75) is 18.9 Å². The van der Waals surface area contributed by atoms with Gasteiger partial charge in [-0.25, -0.2) is 9.18 Å². The Balaban J connectivity index is 1.52. The zero-order valence-corrected chi connectivity index (χ0v) is 14.8. The number of piperidine rings is 1. The normalized spacial score (nSPS) is 14.8. The van der Waals surface area contributed by atoms with Crippen LogP contribution in [0.3, 0.4) is 0 Å². The molecule has 1 aliphatic rings. The zero-order valence-electron chi connectivity index (χ0n) is 14.0. The molecular formula is C19H19ClFN3O2. The van der Waals surface area contributed by atoms with Crippen LogP contribution < -0.4 is 10.6 Å². The van der Waals surface area contributed by atoms with Gasteiger partial charge in [-0.1, -0.05) is 35.9 Å².